The average molecular weight is 223 g/mol. The van der Waals surface area contributed by atoms with Crippen LogP contribution in [0.5, 0.6) is 0 Å². The van der Waals surface area contributed by atoms with Gasteiger partial charge in [-0.1, -0.05) is 0 Å². The summed E-state index contributed by atoms with van der Waals surface area (Å²) in [4.78, 5) is 4.22. The highest BCUT2D eigenvalue weighted by molar-refractivity contribution is 5.03. The van der Waals surface area contributed by atoms with Gasteiger partial charge in [0.25, 0.3) is 0 Å². The van der Waals surface area contributed by atoms with E-state index in [1.807, 2.05) is 0 Å². The first-order chi connectivity index (χ1) is 6.97. The second-order valence-electron chi connectivity index (χ2n) is 3.07. The van der Waals surface area contributed by atoms with E-state index in [9.17, 15) is 13.2 Å². The van der Waals surface area contributed by atoms with Crippen molar-refractivity contribution in [3.8, 4) is 0 Å². The van der Waals surface area contributed by atoms with Crippen molar-refractivity contribution in [3.05, 3.63) is 18.0 Å². The third kappa shape index (κ3) is 5.38. The van der Waals surface area contributed by atoms with Gasteiger partial charge in [-0.2, -0.15) is 18.3 Å². The molecule has 1 rings (SSSR count). The maximum absolute atomic E-state index is 11.6. The summed E-state index contributed by atoms with van der Waals surface area (Å²) >= 11 is 0. The average Bonchev–Trinajstić information content (AvgIpc) is 2.49. The SMILES string of the molecule is Cn1cc(CCNOCC(F)(F)F)cn1. The van der Waals surface area contributed by atoms with Crippen LogP contribution in [0, 0.1) is 0 Å². The molecule has 15 heavy (non-hydrogen) atoms. The molecule has 1 aromatic heterocycles. The number of halogens is 3. The molecule has 0 aliphatic heterocycles. The second kappa shape index (κ2) is 5.13. The third-order valence-corrected chi connectivity index (χ3v) is 1.61. The minimum absolute atomic E-state index is 0.321. The van der Waals surface area contributed by atoms with Crippen molar-refractivity contribution in [1.29, 1.82) is 0 Å². The van der Waals surface area contributed by atoms with E-state index in [0.29, 0.717) is 13.0 Å². The molecule has 0 radical (unpaired) electrons. The molecule has 0 bridgehead atoms. The van der Waals surface area contributed by atoms with Crippen LogP contribution in [-0.4, -0.2) is 29.1 Å². The van der Waals surface area contributed by atoms with E-state index in [1.165, 1.54) is 0 Å². The zero-order valence-corrected chi connectivity index (χ0v) is 8.21. The van der Waals surface area contributed by atoms with Crippen molar-refractivity contribution in [2.24, 2.45) is 7.05 Å². The highest BCUT2D eigenvalue weighted by atomic mass is 19.4. The van der Waals surface area contributed by atoms with Gasteiger partial charge in [0, 0.05) is 19.8 Å². The monoisotopic (exact) mass is 223 g/mol. The Morgan fingerprint density at radius 1 is 1.53 bits per heavy atom. The number of hydrogen-bond donors (Lipinski definition) is 1. The number of nitrogens with one attached hydrogen (secondary N) is 1. The summed E-state index contributed by atoms with van der Waals surface area (Å²) in [7, 11) is 1.77. The topological polar surface area (TPSA) is 39.1 Å². The van der Waals surface area contributed by atoms with Gasteiger partial charge in [-0.3, -0.25) is 9.52 Å². The van der Waals surface area contributed by atoms with Gasteiger partial charge in [0.1, 0.15) is 0 Å². The summed E-state index contributed by atoms with van der Waals surface area (Å²) in [6.45, 7) is -0.957. The highest BCUT2D eigenvalue weighted by Crippen LogP contribution is 2.13. The van der Waals surface area contributed by atoms with Crippen LogP contribution in [0.3, 0.4) is 0 Å². The van der Waals surface area contributed by atoms with Crippen LogP contribution >= 0.6 is 0 Å². The molecule has 0 spiro atoms. The number of nitrogens with zero attached hydrogens (tertiary/aromatic N) is 2. The van der Waals surface area contributed by atoms with Gasteiger partial charge in [0.05, 0.1) is 6.20 Å². The lowest BCUT2D eigenvalue weighted by Crippen LogP contribution is -2.26. The van der Waals surface area contributed by atoms with E-state index >= 15 is 0 Å². The van der Waals surface area contributed by atoms with Gasteiger partial charge in [-0.05, 0) is 12.0 Å². The fraction of sp³-hybridized carbons (Fsp3) is 0.625. The van der Waals surface area contributed by atoms with Gasteiger partial charge in [-0.25, -0.2) is 5.48 Å². The fourth-order valence-electron chi connectivity index (χ4n) is 1.00. The Bertz CT molecular complexity index is 298. The molecule has 0 aromatic carbocycles. The highest BCUT2D eigenvalue weighted by Gasteiger charge is 2.27. The Morgan fingerprint density at radius 3 is 2.80 bits per heavy atom. The van der Waals surface area contributed by atoms with Crippen molar-refractivity contribution in [1.82, 2.24) is 15.3 Å². The first-order valence-corrected chi connectivity index (χ1v) is 4.36. The van der Waals surface area contributed by atoms with E-state index in [-0.39, 0.29) is 0 Å². The van der Waals surface area contributed by atoms with E-state index in [4.69, 9.17) is 0 Å². The lowest BCUT2D eigenvalue weighted by Gasteiger charge is -2.07. The molecule has 7 heteroatoms. The summed E-state index contributed by atoms with van der Waals surface area (Å²) in [5.41, 5.74) is 3.19. The van der Waals surface area contributed by atoms with E-state index in [2.05, 4.69) is 15.4 Å². The van der Waals surface area contributed by atoms with Gasteiger partial charge in [0.15, 0.2) is 6.61 Å². The fourth-order valence-corrected chi connectivity index (χ4v) is 1.00. The van der Waals surface area contributed by atoms with E-state index in [0.717, 1.165) is 5.56 Å². The number of aromatic nitrogens is 2. The van der Waals surface area contributed by atoms with Gasteiger partial charge in [-0.15, -0.1) is 0 Å². The summed E-state index contributed by atoms with van der Waals surface area (Å²) in [6.07, 6.45) is -0.260. The molecule has 0 saturated heterocycles. The summed E-state index contributed by atoms with van der Waals surface area (Å²) in [5, 5.41) is 3.92. The largest absolute Gasteiger partial charge is 0.413 e. The van der Waals surface area contributed by atoms with E-state index in [1.54, 1.807) is 24.1 Å². The number of hydrogen-bond acceptors (Lipinski definition) is 3. The smallest absolute Gasteiger partial charge is 0.292 e. The Balaban J connectivity index is 2.07. The van der Waals surface area contributed by atoms with Crippen LogP contribution in [0.2, 0.25) is 0 Å². The molecule has 0 aliphatic rings. The molecule has 0 atom stereocenters. The molecular formula is C8H12F3N3O. The summed E-state index contributed by atoms with van der Waals surface area (Å²) < 4.78 is 36.5. The standard InChI is InChI=1S/C8H12F3N3O/c1-14-5-7(4-12-14)2-3-13-15-6-8(9,10)11/h4-5,13H,2-3,6H2,1H3. The van der Waals surface area contributed by atoms with Gasteiger partial charge >= 0.3 is 6.18 Å². The normalized spacial score (nSPS) is 12.0. The van der Waals surface area contributed by atoms with Crippen molar-refractivity contribution in [2.75, 3.05) is 13.2 Å². The summed E-state index contributed by atoms with van der Waals surface area (Å²) in [6, 6.07) is 0. The molecule has 0 fully saturated rings. The maximum atomic E-state index is 11.6. The summed E-state index contributed by atoms with van der Waals surface area (Å²) in [5.74, 6) is 0. The van der Waals surface area contributed by atoms with Gasteiger partial charge in [0.2, 0.25) is 0 Å². The van der Waals surface area contributed by atoms with Crippen LogP contribution in [0.25, 0.3) is 0 Å². The van der Waals surface area contributed by atoms with Crippen molar-refractivity contribution in [2.45, 2.75) is 12.6 Å². The molecule has 1 N–H and O–H groups in total. The number of hydroxylamine groups is 1. The van der Waals surface area contributed by atoms with Gasteiger partial charge < -0.3 is 0 Å². The first kappa shape index (κ1) is 12.0. The number of aryl methyl sites for hydroxylation is 1. The van der Waals surface area contributed by atoms with Crippen LogP contribution in [0.15, 0.2) is 12.4 Å². The molecule has 86 valence electrons. The second-order valence-corrected chi connectivity index (χ2v) is 3.07. The quantitative estimate of drug-likeness (QED) is 0.599. The number of rotatable bonds is 5. The minimum atomic E-state index is -4.29. The van der Waals surface area contributed by atoms with Crippen molar-refractivity contribution >= 4 is 0 Å². The Kier molecular flexibility index (Phi) is 4.10. The first-order valence-electron chi connectivity index (χ1n) is 4.36. The number of alkyl halides is 3. The van der Waals surface area contributed by atoms with Crippen molar-refractivity contribution in [3.63, 3.8) is 0 Å². The molecule has 4 nitrogen and oxygen atoms in total. The van der Waals surface area contributed by atoms with Crippen LogP contribution in [0.4, 0.5) is 13.2 Å². The third-order valence-electron chi connectivity index (χ3n) is 1.61. The van der Waals surface area contributed by atoms with Crippen molar-refractivity contribution < 1.29 is 18.0 Å². The predicted molar refractivity (Wildman–Crippen MR) is 46.9 cm³/mol. The van der Waals surface area contributed by atoms with E-state index < -0.39 is 12.8 Å². The molecule has 0 amide bonds. The molecular weight excluding hydrogens is 211 g/mol. The van der Waals surface area contributed by atoms with Crippen LogP contribution in [0.1, 0.15) is 5.56 Å². The molecule has 1 aromatic rings. The molecule has 1 heterocycles. The Labute approximate surface area is 85.0 Å². The lowest BCUT2D eigenvalue weighted by atomic mass is 10.3. The molecule has 0 saturated carbocycles. The predicted octanol–water partition coefficient (Wildman–Crippen LogP) is 1.05. The Morgan fingerprint density at radius 2 is 2.27 bits per heavy atom. The maximum Gasteiger partial charge on any atom is 0.413 e. The molecule has 0 unspecified atom stereocenters. The van der Waals surface area contributed by atoms with Crippen LogP contribution in [-0.2, 0) is 18.3 Å². The minimum Gasteiger partial charge on any atom is -0.292 e. The zero-order chi connectivity index (χ0) is 11.3. The lowest BCUT2D eigenvalue weighted by molar-refractivity contribution is -0.189. The Hall–Kier alpha value is -1.08. The zero-order valence-electron chi connectivity index (χ0n) is 8.21. The molecule has 0 aliphatic carbocycles. The van der Waals surface area contributed by atoms with Crippen LogP contribution < -0.4 is 5.48 Å².